The van der Waals surface area contributed by atoms with Gasteiger partial charge >= 0.3 is 0 Å². The van der Waals surface area contributed by atoms with Crippen LogP contribution in [-0.4, -0.2) is 30.1 Å². The summed E-state index contributed by atoms with van der Waals surface area (Å²) in [5.74, 6) is 1.73. The highest BCUT2D eigenvalue weighted by molar-refractivity contribution is 6.02. The van der Waals surface area contributed by atoms with Crippen molar-refractivity contribution in [3.8, 4) is 11.5 Å². The Morgan fingerprint density at radius 2 is 1.66 bits per heavy atom. The summed E-state index contributed by atoms with van der Waals surface area (Å²) in [7, 11) is 3.15. The summed E-state index contributed by atoms with van der Waals surface area (Å²) in [5.41, 5.74) is 3.27. The van der Waals surface area contributed by atoms with Gasteiger partial charge in [-0.15, -0.1) is 0 Å². The number of benzene rings is 2. The number of ether oxygens (including phenoxy) is 2. The quantitative estimate of drug-likeness (QED) is 0.588. The second-order valence-electron chi connectivity index (χ2n) is 6.18. The van der Waals surface area contributed by atoms with Gasteiger partial charge in [-0.3, -0.25) is 4.79 Å². The highest BCUT2D eigenvalue weighted by Crippen LogP contribution is 2.28. The number of rotatable bonds is 7. The van der Waals surface area contributed by atoms with E-state index >= 15 is 0 Å². The molecule has 0 unspecified atom stereocenters. The zero-order valence-corrected chi connectivity index (χ0v) is 16.5. The van der Waals surface area contributed by atoms with Crippen LogP contribution in [0.2, 0.25) is 0 Å². The van der Waals surface area contributed by atoms with Crippen LogP contribution >= 0.6 is 0 Å². The summed E-state index contributed by atoms with van der Waals surface area (Å²) in [6, 6.07) is 14.7. The van der Waals surface area contributed by atoms with Gasteiger partial charge in [0, 0.05) is 29.2 Å². The summed E-state index contributed by atoms with van der Waals surface area (Å²) in [6.07, 6.45) is 4.69. The molecule has 2 N–H and O–H groups in total. The van der Waals surface area contributed by atoms with E-state index in [1.807, 2.05) is 43.3 Å². The van der Waals surface area contributed by atoms with Crippen molar-refractivity contribution in [1.29, 1.82) is 0 Å². The molecule has 0 saturated carbocycles. The number of nitrogens with one attached hydrogen (secondary N) is 2. The van der Waals surface area contributed by atoms with Crippen LogP contribution in [0.3, 0.4) is 0 Å². The van der Waals surface area contributed by atoms with Crippen LogP contribution in [-0.2, 0) is 4.79 Å². The molecule has 0 radical (unpaired) electrons. The number of carbonyl (C=O) groups is 1. The molecule has 2 aromatic carbocycles. The van der Waals surface area contributed by atoms with Gasteiger partial charge in [-0.2, -0.15) is 0 Å². The predicted octanol–water partition coefficient (Wildman–Crippen LogP) is 4.20. The number of hydrogen-bond donors (Lipinski definition) is 2. The molecule has 1 heterocycles. The molecule has 0 aliphatic carbocycles. The van der Waals surface area contributed by atoms with Crippen LogP contribution < -0.4 is 20.1 Å². The molecule has 3 aromatic rings. The van der Waals surface area contributed by atoms with Crippen molar-refractivity contribution >= 4 is 29.2 Å². The van der Waals surface area contributed by atoms with Crippen LogP contribution in [0.25, 0.3) is 6.08 Å². The van der Waals surface area contributed by atoms with Crippen molar-refractivity contribution in [3.63, 3.8) is 0 Å². The summed E-state index contributed by atoms with van der Waals surface area (Å²) < 4.78 is 10.5. The van der Waals surface area contributed by atoms with E-state index in [4.69, 9.17) is 9.47 Å². The number of carbonyl (C=O) groups excluding carboxylic acids is 1. The lowest BCUT2D eigenvalue weighted by Crippen LogP contribution is -2.07. The molecule has 0 atom stereocenters. The monoisotopic (exact) mass is 390 g/mol. The highest BCUT2D eigenvalue weighted by Gasteiger charge is 2.04. The van der Waals surface area contributed by atoms with E-state index in [0.29, 0.717) is 23.0 Å². The van der Waals surface area contributed by atoms with Gasteiger partial charge in [0.05, 0.1) is 14.2 Å². The zero-order chi connectivity index (χ0) is 20.6. The van der Waals surface area contributed by atoms with Gasteiger partial charge in [-0.25, -0.2) is 9.97 Å². The van der Waals surface area contributed by atoms with Crippen LogP contribution in [0.5, 0.6) is 11.5 Å². The molecule has 0 aliphatic heterocycles. The summed E-state index contributed by atoms with van der Waals surface area (Å²) in [4.78, 5) is 20.4. The molecule has 1 amide bonds. The van der Waals surface area contributed by atoms with E-state index in [9.17, 15) is 4.79 Å². The molecule has 0 fully saturated rings. The molecule has 7 heteroatoms. The number of nitrogens with zero attached hydrogens (tertiary/aromatic N) is 2. The van der Waals surface area contributed by atoms with Crippen molar-refractivity contribution < 1.29 is 14.3 Å². The van der Waals surface area contributed by atoms with E-state index in [-0.39, 0.29) is 5.91 Å². The van der Waals surface area contributed by atoms with Crippen molar-refractivity contribution in [2.24, 2.45) is 0 Å². The smallest absolute Gasteiger partial charge is 0.248 e. The Bertz CT molecular complexity index is 1020. The third-order valence-electron chi connectivity index (χ3n) is 4.06. The molecule has 0 saturated heterocycles. The Morgan fingerprint density at radius 1 is 0.931 bits per heavy atom. The lowest BCUT2D eigenvalue weighted by molar-refractivity contribution is -0.111. The third kappa shape index (κ3) is 5.55. The SMILES string of the molecule is COc1ccc(/C=C/C(=O)Nc2ccc(Nc3cc(C)ncn3)cc2)cc1OC. The number of amides is 1. The highest BCUT2D eigenvalue weighted by atomic mass is 16.5. The van der Waals surface area contributed by atoms with Gasteiger partial charge in [-0.05, 0) is 55.0 Å². The van der Waals surface area contributed by atoms with Crippen molar-refractivity contribution in [1.82, 2.24) is 9.97 Å². The number of aryl methyl sites for hydroxylation is 1. The second kappa shape index (κ2) is 9.36. The first kappa shape index (κ1) is 19.9. The van der Waals surface area contributed by atoms with Crippen LogP contribution in [0.15, 0.2) is 60.9 Å². The maximum absolute atomic E-state index is 12.2. The summed E-state index contributed by atoms with van der Waals surface area (Å²) in [5, 5.41) is 6.02. The van der Waals surface area contributed by atoms with E-state index in [1.54, 1.807) is 32.4 Å². The Balaban J connectivity index is 1.60. The summed E-state index contributed by atoms with van der Waals surface area (Å²) in [6.45, 7) is 1.90. The van der Waals surface area contributed by atoms with Gasteiger partial charge in [-0.1, -0.05) is 6.07 Å². The Morgan fingerprint density at radius 3 is 2.34 bits per heavy atom. The Hall–Kier alpha value is -3.87. The lowest BCUT2D eigenvalue weighted by atomic mass is 10.2. The van der Waals surface area contributed by atoms with Crippen LogP contribution in [0.1, 0.15) is 11.3 Å². The minimum atomic E-state index is -0.230. The van der Waals surface area contributed by atoms with Crippen molar-refractivity contribution in [3.05, 3.63) is 72.2 Å². The maximum Gasteiger partial charge on any atom is 0.248 e. The molecule has 1 aromatic heterocycles. The predicted molar refractivity (Wildman–Crippen MR) is 114 cm³/mol. The molecule has 0 aliphatic rings. The topological polar surface area (TPSA) is 85.4 Å². The Kier molecular flexibility index (Phi) is 6.42. The fourth-order valence-corrected chi connectivity index (χ4v) is 2.62. The zero-order valence-electron chi connectivity index (χ0n) is 16.5. The normalized spacial score (nSPS) is 10.6. The molecule has 3 rings (SSSR count). The lowest BCUT2D eigenvalue weighted by Gasteiger charge is -2.08. The number of anilines is 3. The van der Waals surface area contributed by atoms with E-state index in [2.05, 4.69) is 20.6 Å². The largest absolute Gasteiger partial charge is 0.493 e. The Labute approximate surface area is 169 Å². The van der Waals surface area contributed by atoms with Gasteiger partial charge in [0.25, 0.3) is 0 Å². The number of hydrogen-bond acceptors (Lipinski definition) is 6. The van der Waals surface area contributed by atoms with Crippen LogP contribution in [0.4, 0.5) is 17.2 Å². The van der Waals surface area contributed by atoms with Gasteiger partial charge in [0.15, 0.2) is 11.5 Å². The number of methoxy groups -OCH3 is 2. The summed E-state index contributed by atoms with van der Waals surface area (Å²) >= 11 is 0. The molecule has 29 heavy (non-hydrogen) atoms. The first-order valence-corrected chi connectivity index (χ1v) is 8.94. The van der Waals surface area contributed by atoms with Crippen molar-refractivity contribution in [2.45, 2.75) is 6.92 Å². The van der Waals surface area contributed by atoms with Gasteiger partial charge in [0.2, 0.25) is 5.91 Å². The minimum Gasteiger partial charge on any atom is -0.493 e. The molecule has 148 valence electrons. The molecule has 7 nitrogen and oxygen atoms in total. The van der Waals surface area contributed by atoms with E-state index in [0.717, 1.165) is 16.9 Å². The van der Waals surface area contributed by atoms with Gasteiger partial charge < -0.3 is 20.1 Å². The van der Waals surface area contributed by atoms with Gasteiger partial charge in [0.1, 0.15) is 12.1 Å². The van der Waals surface area contributed by atoms with Crippen molar-refractivity contribution in [2.75, 3.05) is 24.9 Å². The third-order valence-corrected chi connectivity index (χ3v) is 4.06. The second-order valence-corrected chi connectivity index (χ2v) is 6.18. The molecular weight excluding hydrogens is 368 g/mol. The molecule has 0 bridgehead atoms. The van der Waals surface area contributed by atoms with Crippen LogP contribution in [0, 0.1) is 6.92 Å². The fourth-order valence-electron chi connectivity index (χ4n) is 2.62. The minimum absolute atomic E-state index is 0.230. The number of aromatic nitrogens is 2. The first-order valence-electron chi connectivity index (χ1n) is 8.94. The average Bonchev–Trinajstić information content (AvgIpc) is 2.73. The first-order chi connectivity index (χ1) is 14.1. The average molecular weight is 390 g/mol. The van der Waals surface area contributed by atoms with E-state index < -0.39 is 0 Å². The maximum atomic E-state index is 12.2. The standard InChI is InChI=1S/C22H22N4O3/c1-15-12-21(24-14-23-15)25-17-6-8-18(9-7-17)26-22(27)11-5-16-4-10-19(28-2)20(13-16)29-3/h4-14H,1-3H3,(H,26,27)(H,23,24,25)/b11-5+. The molecule has 0 spiro atoms. The molecular formula is C22H22N4O3. The fraction of sp³-hybridized carbons (Fsp3) is 0.136. The van der Waals surface area contributed by atoms with E-state index in [1.165, 1.54) is 12.4 Å².